The lowest BCUT2D eigenvalue weighted by molar-refractivity contribution is 0.299. The molecule has 1 aromatic carbocycles. The van der Waals surface area contributed by atoms with Gasteiger partial charge in [0.25, 0.3) is 0 Å². The molecule has 94 valence electrons. The summed E-state index contributed by atoms with van der Waals surface area (Å²) in [5, 5.41) is 0. The highest BCUT2D eigenvalue weighted by molar-refractivity contribution is 5.27. The topological polar surface area (TPSA) is 31.4 Å². The number of benzene rings is 1. The first-order chi connectivity index (χ1) is 8.67. The van der Waals surface area contributed by atoms with Crippen LogP contribution in [0.25, 0.3) is 0 Å². The van der Waals surface area contributed by atoms with Crippen LogP contribution in [0.15, 0.2) is 36.4 Å². The van der Waals surface area contributed by atoms with Gasteiger partial charge in [-0.3, -0.25) is 4.98 Å². The molecule has 0 atom stereocenters. The summed E-state index contributed by atoms with van der Waals surface area (Å²) in [6, 6.07) is 9.56. The summed E-state index contributed by atoms with van der Waals surface area (Å²) in [5.74, 6) is 1.08. The number of nitrogens with zero attached hydrogens (tertiary/aromatic N) is 1. The average molecular weight is 247 g/mol. The van der Waals surface area contributed by atoms with Crippen molar-refractivity contribution in [1.29, 1.82) is 0 Å². The first-order valence-corrected chi connectivity index (χ1v) is 5.57. The van der Waals surface area contributed by atoms with E-state index in [-0.39, 0.29) is 5.82 Å². The molecule has 1 aromatic heterocycles. The third-order valence-electron chi connectivity index (χ3n) is 2.42. The van der Waals surface area contributed by atoms with Crippen LogP contribution in [0.2, 0.25) is 0 Å². The van der Waals surface area contributed by atoms with Gasteiger partial charge in [0.15, 0.2) is 0 Å². The van der Waals surface area contributed by atoms with Gasteiger partial charge in [0.1, 0.15) is 23.9 Å². The SMILES string of the molecule is COc1cc(C)nc(COc2ccc(F)cc2)c1. The molecule has 4 heteroatoms. The molecule has 0 aliphatic rings. The van der Waals surface area contributed by atoms with Crippen molar-refractivity contribution in [2.75, 3.05) is 7.11 Å². The molecule has 0 saturated carbocycles. The van der Waals surface area contributed by atoms with Crippen LogP contribution in [0.1, 0.15) is 11.4 Å². The lowest BCUT2D eigenvalue weighted by atomic mass is 10.3. The maximum Gasteiger partial charge on any atom is 0.130 e. The van der Waals surface area contributed by atoms with Crippen LogP contribution < -0.4 is 9.47 Å². The minimum Gasteiger partial charge on any atom is -0.497 e. The molecule has 0 unspecified atom stereocenters. The Morgan fingerprint density at radius 3 is 2.50 bits per heavy atom. The molecule has 0 bridgehead atoms. The predicted molar refractivity (Wildman–Crippen MR) is 66.3 cm³/mol. The summed E-state index contributed by atoms with van der Waals surface area (Å²) in [6.45, 7) is 2.22. The van der Waals surface area contributed by atoms with Gasteiger partial charge in [-0.25, -0.2) is 4.39 Å². The molecule has 0 amide bonds. The Bertz CT molecular complexity index is 526. The first-order valence-electron chi connectivity index (χ1n) is 5.57. The van der Waals surface area contributed by atoms with E-state index in [0.717, 1.165) is 17.1 Å². The second kappa shape index (κ2) is 5.49. The lowest BCUT2D eigenvalue weighted by Crippen LogP contribution is -2.00. The van der Waals surface area contributed by atoms with Crippen LogP contribution in [0.5, 0.6) is 11.5 Å². The highest BCUT2D eigenvalue weighted by Gasteiger charge is 2.02. The summed E-state index contributed by atoms with van der Waals surface area (Å²) in [6.07, 6.45) is 0. The van der Waals surface area contributed by atoms with Crippen molar-refractivity contribution < 1.29 is 13.9 Å². The van der Waals surface area contributed by atoms with Gasteiger partial charge in [-0.1, -0.05) is 0 Å². The Balaban J connectivity index is 2.05. The van der Waals surface area contributed by atoms with E-state index in [4.69, 9.17) is 9.47 Å². The summed E-state index contributed by atoms with van der Waals surface area (Å²) < 4.78 is 23.4. The average Bonchev–Trinajstić information content (AvgIpc) is 2.37. The van der Waals surface area contributed by atoms with Crippen molar-refractivity contribution in [3.63, 3.8) is 0 Å². The molecule has 3 nitrogen and oxygen atoms in total. The van der Waals surface area contributed by atoms with Gasteiger partial charge in [0, 0.05) is 17.8 Å². The molecule has 0 N–H and O–H groups in total. The van der Waals surface area contributed by atoms with Gasteiger partial charge in [-0.15, -0.1) is 0 Å². The Morgan fingerprint density at radius 1 is 1.11 bits per heavy atom. The fourth-order valence-electron chi connectivity index (χ4n) is 1.58. The number of rotatable bonds is 4. The van der Waals surface area contributed by atoms with Crippen molar-refractivity contribution in [1.82, 2.24) is 4.98 Å². The monoisotopic (exact) mass is 247 g/mol. The van der Waals surface area contributed by atoms with Gasteiger partial charge in [0.05, 0.1) is 12.8 Å². The van der Waals surface area contributed by atoms with Crippen LogP contribution in [0.3, 0.4) is 0 Å². The highest BCUT2D eigenvalue weighted by atomic mass is 19.1. The Labute approximate surface area is 105 Å². The summed E-state index contributed by atoms with van der Waals surface area (Å²) >= 11 is 0. The van der Waals surface area contributed by atoms with Gasteiger partial charge in [-0.2, -0.15) is 0 Å². The maximum atomic E-state index is 12.7. The number of ether oxygens (including phenoxy) is 2. The second-order valence-corrected chi connectivity index (χ2v) is 3.88. The third-order valence-corrected chi connectivity index (χ3v) is 2.42. The number of pyridine rings is 1. The number of hydrogen-bond acceptors (Lipinski definition) is 3. The Kier molecular flexibility index (Phi) is 3.77. The molecule has 1 heterocycles. The number of aryl methyl sites for hydroxylation is 1. The van der Waals surface area contributed by atoms with Crippen molar-refractivity contribution in [3.8, 4) is 11.5 Å². The number of hydrogen-bond donors (Lipinski definition) is 0. The van der Waals surface area contributed by atoms with Crippen LogP contribution in [0, 0.1) is 12.7 Å². The zero-order chi connectivity index (χ0) is 13.0. The van der Waals surface area contributed by atoms with Gasteiger partial charge < -0.3 is 9.47 Å². The standard InChI is InChI=1S/C14H14FNO2/c1-10-7-14(17-2)8-12(16-10)9-18-13-5-3-11(15)4-6-13/h3-8H,9H2,1-2H3. The normalized spacial score (nSPS) is 10.2. The Hall–Kier alpha value is -2.10. The molecule has 2 rings (SSSR count). The summed E-state index contributed by atoms with van der Waals surface area (Å²) in [5.41, 5.74) is 1.64. The molecular formula is C14H14FNO2. The van der Waals surface area contributed by atoms with Crippen LogP contribution in [-0.4, -0.2) is 12.1 Å². The first kappa shape index (κ1) is 12.4. The molecule has 0 spiro atoms. The van der Waals surface area contributed by atoms with E-state index < -0.39 is 0 Å². The largest absolute Gasteiger partial charge is 0.497 e. The third kappa shape index (κ3) is 3.20. The van der Waals surface area contributed by atoms with Gasteiger partial charge in [0.2, 0.25) is 0 Å². The lowest BCUT2D eigenvalue weighted by Gasteiger charge is -2.08. The molecule has 2 aromatic rings. The molecule has 0 aliphatic carbocycles. The predicted octanol–water partition coefficient (Wildman–Crippen LogP) is 3.12. The van der Waals surface area contributed by atoms with Crippen molar-refractivity contribution in [2.24, 2.45) is 0 Å². The van der Waals surface area contributed by atoms with Crippen LogP contribution >= 0.6 is 0 Å². The Morgan fingerprint density at radius 2 is 1.83 bits per heavy atom. The summed E-state index contributed by atoms with van der Waals surface area (Å²) in [7, 11) is 1.61. The van der Waals surface area contributed by atoms with Gasteiger partial charge in [-0.05, 0) is 31.2 Å². The number of methoxy groups -OCH3 is 1. The van der Waals surface area contributed by atoms with E-state index in [0.29, 0.717) is 12.4 Å². The van der Waals surface area contributed by atoms with Crippen molar-refractivity contribution in [2.45, 2.75) is 13.5 Å². The van der Waals surface area contributed by atoms with E-state index in [2.05, 4.69) is 4.98 Å². The van der Waals surface area contributed by atoms with Crippen molar-refractivity contribution >= 4 is 0 Å². The smallest absolute Gasteiger partial charge is 0.130 e. The quantitative estimate of drug-likeness (QED) is 0.831. The maximum absolute atomic E-state index is 12.7. The fourth-order valence-corrected chi connectivity index (χ4v) is 1.58. The molecular weight excluding hydrogens is 233 g/mol. The molecule has 0 fully saturated rings. The van der Waals surface area contributed by atoms with E-state index >= 15 is 0 Å². The number of halogens is 1. The van der Waals surface area contributed by atoms with E-state index in [9.17, 15) is 4.39 Å². The van der Waals surface area contributed by atoms with E-state index in [1.807, 2.05) is 19.1 Å². The van der Waals surface area contributed by atoms with E-state index in [1.54, 1.807) is 19.2 Å². The minimum atomic E-state index is -0.280. The molecule has 0 radical (unpaired) electrons. The molecule has 0 aliphatic heterocycles. The van der Waals surface area contributed by atoms with Gasteiger partial charge >= 0.3 is 0 Å². The summed E-state index contributed by atoms with van der Waals surface area (Å²) in [4.78, 5) is 4.34. The second-order valence-electron chi connectivity index (χ2n) is 3.88. The minimum absolute atomic E-state index is 0.280. The van der Waals surface area contributed by atoms with E-state index in [1.165, 1.54) is 12.1 Å². The van der Waals surface area contributed by atoms with Crippen molar-refractivity contribution in [3.05, 3.63) is 53.6 Å². The number of aromatic nitrogens is 1. The highest BCUT2D eigenvalue weighted by Crippen LogP contribution is 2.16. The zero-order valence-electron chi connectivity index (χ0n) is 10.3. The zero-order valence-corrected chi connectivity index (χ0v) is 10.3. The van der Waals surface area contributed by atoms with Crippen LogP contribution in [-0.2, 0) is 6.61 Å². The fraction of sp³-hybridized carbons (Fsp3) is 0.214. The van der Waals surface area contributed by atoms with Crippen LogP contribution in [0.4, 0.5) is 4.39 Å². The molecule has 18 heavy (non-hydrogen) atoms. The molecule has 0 saturated heterocycles.